The molecular weight excluding hydrogens is 148 g/mol. The Bertz CT molecular complexity index is 105. The molecule has 1 unspecified atom stereocenters. The van der Waals surface area contributed by atoms with Gasteiger partial charge >= 0.3 is 0 Å². The Morgan fingerprint density at radius 1 is 1.36 bits per heavy atom. The van der Waals surface area contributed by atoms with E-state index >= 15 is 0 Å². The van der Waals surface area contributed by atoms with Gasteiger partial charge in [-0.3, -0.25) is 0 Å². The van der Waals surface area contributed by atoms with E-state index < -0.39 is 0 Å². The summed E-state index contributed by atoms with van der Waals surface area (Å²) in [6, 6.07) is 1.50. The van der Waals surface area contributed by atoms with Crippen molar-refractivity contribution in [2.75, 3.05) is 0 Å². The molecule has 0 aliphatic carbocycles. The second-order valence-corrected chi connectivity index (χ2v) is 7.15. The summed E-state index contributed by atoms with van der Waals surface area (Å²) in [5.74, 6) is 0.810. The van der Waals surface area contributed by atoms with Crippen LogP contribution in [0.5, 0.6) is 0 Å². The van der Waals surface area contributed by atoms with E-state index in [0.29, 0.717) is 0 Å². The first kappa shape index (κ1) is 11.0. The van der Waals surface area contributed by atoms with Crippen molar-refractivity contribution in [3.8, 4) is 0 Å². The molecule has 1 heteroatoms. The van der Waals surface area contributed by atoms with Crippen LogP contribution < -0.4 is 0 Å². The highest BCUT2D eigenvalue weighted by Gasteiger charge is 1.99. The smallest absolute Gasteiger partial charge is 0.0305 e. The zero-order chi connectivity index (χ0) is 8.69. The second kappa shape index (κ2) is 6.65. The van der Waals surface area contributed by atoms with E-state index in [4.69, 9.17) is 0 Å². The minimum absolute atomic E-state index is 0.294. The van der Waals surface area contributed by atoms with Crippen LogP contribution in [-0.2, 0) is 0 Å². The quantitative estimate of drug-likeness (QED) is 0.438. The van der Waals surface area contributed by atoms with E-state index in [2.05, 4.69) is 39.1 Å². The molecule has 0 aliphatic rings. The van der Waals surface area contributed by atoms with Gasteiger partial charge in [-0.15, -0.1) is 0 Å². The molecule has 66 valence electrons. The van der Waals surface area contributed by atoms with Crippen molar-refractivity contribution >= 4 is 8.80 Å². The zero-order valence-electron chi connectivity index (χ0n) is 8.43. The molecule has 0 fully saturated rings. The average molecular weight is 170 g/mol. The van der Waals surface area contributed by atoms with Gasteiger partial charge < -0.3 is 0 Å². The van der Waals surface area contributed by atoms with Crippen LogP contribution in [0.15, 0.2) is 12.2 Å². The highest BCUT2D eigenvalue weighted by atomic mass is 28.3. The van der Waals surface area contributed by atoms with Crippen molar-refractivity contribution in [1.29, 1.82) is 0 Å². The van der Waals surface area contributed by atoms with Gasteiger partial charge in [-0.25, -0.2) is 0 Å². The fraction of sp³-hybridized carbons (Fsp3) is 0.800. The third-order valence-electron chi connectivity index (χ3n) is 1.90. The lowest BCUT2D eigenvalue weighted by Gasteiger charge is -2.06. The summed E-state index contributed by atoms with van der Waals surface area (Å²) in [7, 11) is -0.294. The minimum Gasteiger partial charge on any atom is -0.0885 e. The molecule has 0 spiro atoms. The van der Waals surface area contributed by atoms with Crippen molar-refractivity contribution in [3.63, 3.8) is 0 Å². The molecule has 11 heavy (non-hydrogen) atoms. The first-order valence-electron chi connectivity index (χ1n) is 4.83. The Hall–Kier alpha value is -0.0431. The van der Waals surface area contributed by atoms with Gasteiger partial charge in [0.2, 0.25) is 0 Å². The summed E-state index contributed by atoms with van der Waals surface area (Å²) in [6.07, 6.45) is 7.23. The van der Waals surface area contributed by atoms with Gasteiger partial charge in [0.05, 0.1) is 0 Å². The summed E-state index contributed by atoms with van der Waals surface area (Å²) in [5, 5.41) is 0. The van der Waals surface area contributed by atoms with Crippen molar-refractivity contribution in [1.82, 2.24) is 0 Å². The Labute approximate surface area is 73.3 Å². The fourth-order valence-corrected chi connectivity index (χ4v) is 2.25. The lowest BCUT2D eigenvalue weighted by atomic mass is 10.1. The Morgan fingerprint density at radius 2 is 2.00 bits per heavy atom. The van der Waals surface area contributed by atoms with Crippen molar-refractivity contribution in [2.45, 2.75) is 45.8 Å². The first-order chi connectivity index (χ1) is 5.16. The third-order valence-corrected chi connectivity index (χ3v) is 3.39. The largest absolute Gasteiger partial charge is 0.0885 e. The molecule has 0 aromatic heterocycles. The maximum Gasteiger partial charge on any atom is 0.0305 e. The normalized spacial score (nSPS) is 14.6. The molecule has 0 aromatic rings. The predicted molar refractivity (Wildman–Crippen MR) is 56.9 cm³/mol. The van der Waals surface area contributed by atoms with E-state index in [1.165, 1.54) is 18.9 Å². The molecule has 0 saturated heterocycles. The minimum atomic E-state index is -0.294. The first-order valence-corrected chi connectivity index (χ1v) is 7.96. The van der Waals surface area contributed by atoms with Crippen LogP contribution in [0.2, 0.25) is 19.1 Å². The molecule has 0 aliphatic heterocycles. The van der Waals surface area contributed by atoms with Crippen molar-refractivity contribution in [2.24, 2.45) is 5.92 Å². The van der Waals surface area contributed by atoms with Crippen LogP contribution in [0.1, 0.15) is 26.7 Å². The van der Waals surface area contributed by atoms with Crippen LogP contribution in [-0.4, -0.2) is 8.80 Å². The molecule has 0 saturated carbocycles. The molecule has 0 nitrogen and oxygen atoms in total. The van der Waals surface area contributed by atoms with Gasteiger partial charge in [-0.2, -0.15) is 0 Å². The number of hydrogen-bond acceptors (Lipinski definition) is 0. The van der Waals surface area contributed by atoms with Crippen molar-refractivity contribution in [3.05, 3.63) is 12.2 Å². The maximum atomic E-state index is 2.43. The summed E-state index contributed by atoms with van der Waals surface area (Å²) in [6.45, 7) is 9.37. The Morgan fingerprint density at radius 3 is 2.45 bits per heavy atom. The molecule has 0 heterocycles. The topological polar surface area (TPSA) is 0 Å². The molecule has 0 rings (SSSR count). The summed E-state index contributed by atoms with van der Waals surface area (Å²) >= 11 is 0. The monoisotopic (exact) mass is 170 g/mol. The van der Waals surface area contributed by atoms with Gasteiger partial charge in [-0.1, -0.05) is 45.1 Å². The van der Waals surface area contributed by atoms with Gasteiger partial charge in [0.1, 0.15) is 0 Å². The third kappa shape index (κ3) is 7.86. The van der Waals surface area contributed by atoms with Crippen LogP contribution in [0.4, 0.5) is 0 Å². The molecule has 0 amide bonds. The summed E-state index contributed by atoms with van der Waals surface area (Å²) < 4.78 is 0. The molecule has 0 bridgehead atoms. The summed E-state index contributed by atoms with van der Waals surface area (Å²) in [4.78, 5) is 0. The van der Waals surface area contributed by atoms with Crippen LogP contribution in [0, 0.1) is 5.92 Å². The molecular formula is C10H22Si. The standard InChI is InChI=1S/C10H22Si/c1-5-6-7-10(2)8-9-11(3)4/h6-7,10-11H,5,8-9H2,1-4H3. The maximum absolute atomic E-state index is 2.43. The van der Waals surface area contributed by atoms with Gasteiger partial charge in [0.25, 0.3) is 0 Å². The number of hydrogen-bond donors (Lipinski definition) is 0. The highest BCUT2D eigenvalue weighted by molar-refractivity contribution is 6.55. The highest BCUT2D eigenvalue weighted by Crippen LogP contribution is 2.10. The molecule has 1 atom stereocenters. The summed E-state index contributed by atoms with van der Waals surface area (Å²) in [5.41, 5.74) is 0. The lowest BCUT2D eigenvalue weighted by Crippen LogP contribution is -2.01. The van der Waals surface area contributed by atoms with Gasteiger partial charge in [-0.05, 0) is 18.8 Å². The number of rotatable bonds is 5. The Balaban J connectivity index is 3.36. The SMILES string of the molecule is CCC=CC(C)CC[SiH](C)C. The van der Waals surface area contributed by atoms with Crippen molar-refractivity contribution < 1.29 is 0 Å². The van der Waals surface area contributed by atoms with Crippen LogP contribution >= 0.6 is 0 Å². The predicted octanol–water partition coefficient (Wildman–Crippen LogP) is 3.47. The zero-order valence-corrected chi connectivity index (χ0v) is 9.59. The molecule has 0 aromatic carbocycles. The van der Waals surface area contributed by atoms with Crippen LogP contribution in [0.25, 0.3) is 0 Å². The molecule has 0 N–H and O–H groups in total. The fourth-order valence-electron chi connectivity index (χ4n) is 1.06. The van der Waals surface area contributed by atoms with E-state index in [1.807, 2.05) is 0 Å². The second-order valence-electron chi connectivity index (χ2n) is 3.78. The molecule has 0 radical (unpaired) electrons. The number of allylic oxidation sites excluding steroid dienone is 2. The average Bonchev–Trinajstić information content (AvgIpc) is 1.97. The lowest BCUT2D eigenvalue weighted by molar-refractivity contribution is 0.691. The van der Waals surface area contributed by atoms with E-state index in [9.17, 15) is 0 Å². The van der Waals surface area contributed by atoms with E-state index in [0.717, 1.165) is 5.92 Å². The van der Waals surface area contributed by atoms with Crippen LogP contribution in [0.3, 0.4) is 0 Å². The van der Waals surface area contributed by atoms with Gasteiger partial charge in [0.15, 0.2) is 0 Å². The van der Waals surface area contributed by atoms with Gasteiger partial charge in [0, 0.05) is 8.80 Å². The van der Waals surface area contributed by atoms with E-state index in [-0.39, 0.29) is 8.80 Å². The Kier molecular flexibility index (Phi) is 6.63. The van der Waals surface area contributed by atoms with E-state index in [1.54, 1.807) is 0 Å².